The lowest BCUT2D eigenvalue weighted by molar-refractivity contribution is -0.125. The molecule has 3 fully saturated rings. The molecule has 2 aliphatic heterocycles. The summed E-state index contributed by atoms with van der Waals surface area (Å²) in [5.74, 6) is -0.601. The van der Waals surface area contributed by atoms with E-state index in [0.29, 0.717) is 10.7 Å². The van der Waals surface area contributed by atoms with Crippen molar-refractivity contribution in [3.05, 3.63) is 64.7 Å². The quantitative estimate of drug-likeness (QED) is 0.712. The Hall–Kier alpha value is -2.66. The topological polar surface area (TPSA) is 59.0 Å². The molecule has 2 aromatic rings. The van der Waals surface area contributed by atoms with E-state index in [1.807, 2.05) is 0 Å². The van der Waals surface area contributed by atoms with E-state index < -0.39 is 0 Å². The second kappa shape index (κ2) is 5.92. The van der Waals surface area contributed by atoms with Crippen molar-refractivity contribution in [3.8, 4) is 0 Å². The molecule has 0 spiro atoms. The summed E-state index contributed by atoms with van der Waals surface area (Å²) in [5.41, 5.74) is 3.74. The molecule has 5 nitrogen and oxygen atoms in total. The molecule has 2 amide bonds. The van der Waals surface area contributed by atoms with Crippen molar-refractivity contribution in [2.45, 2.75) is 19.4 Å². The van der Waals surface area contributed by atoms with Gasteiger partial charge in [0, 0.05) is 16.9 Å². The van der Waals surface area contributed by atoms with Gasteiger partial charge < -0.3 is 4.84 Å². The lowest BCUT2D eigenvalue weighted by atomic mass is 9.71. The molecular weight excluding hydrogens is 388 g/mol. The molecule has 0 radical (unpaired) electrons. The number of carbonyl (C=O) groups excluding carboxylic acids is 2. The van der Waals surface area contributed by atoms with Crippen LogP contribution in [-0.2, 0) is 14.4 Å². The summed E-state index contributed by atoms with van der Waals surface area (Å²) in [4.78, 5) is 33.8. The van der Waals surface area contributed by atoms with Crippen molar-refractivity contribution >= 4 is 34.8 Å². The summed E-state index contributed by atoms with van der Waals surface area (Å²) >= 11 is 5.97. The lowest BCUT2D eigenvalue weighted by Crippen LogP contribution is -2.41. The maximum atomic E-state index is 13.3. The Kier molecular flexibility index (Phi) is 3.52. The number of aryl methyl sites for hydroxylation is 1. The third-order valence-corrected chi connectivity index (χ3v) is 7.37. The van der Waals surface area contributed by atoms with Gasteiger partial charge in [-0.2, -0.15) is 0 Å². The highest BCUT2D eigenvalue weighted by atomic mass is 35.5. The molecule has 4 aliphatic rings. The number of benzene rings is 2. The van der Waals surface area contributed by atoms with Gasteiger partial charge in [0.1, 0.15) is 6.10 Å². The molecule has 6 heteroatoms. The Morgan fingerprint density at radius 2 is 1.59 bits per heavy atom. The molecule has 2 heterocycles. The van der Waals surface area contributed by atoms with Crippen LogP contribution < -0.4 is 4.90 Å². The van der Waals surface area contributed by atoms with E-state index >= 15 is 0 Å². The van der Waals surface area contributed by atoms with Crippen molar-refractivity contribution in [1.29, 1.82) is 0 Å². The van der Waals surface area contributed by atoms with E-state index in [-0.39, 0.29) is 47.5 Å². The Bertz CT molecular complexity index is 1060. The first-order valence-electron chi connectivity index (χ1n) is 9.99. The second-order valence-electron chi connectivity index (χ2n) is 8.54. The SMILES string of the molecule is Cc1ccc(C2=NO[C@@H]3[C@@H]4C[C@H]([C@H]5C(=O)N(c6ccc(Cl)cc6)C(=O)[C@H]45)[C@H]23)cc1. The Labute approximate surface area is 173 Å². The summed E-state index contributed by atoms with van der Waals surface area (Å²) in [6.45, 7) is 2.05. The predicted molar refractivity (Wildman–Crippen MR) is 109 cm³/mol. The third kappa shape index (κ3) is 2.25. The normalized spacial score (nSPS) is 34.3. The minimum absolute atomic E-state index is 0.0375. The first kappa shape index (κ1) is 17.2. The van der Waals surface area contributed by atoms with Crippen LogP contribution in [0.4, 0.5) is 5.69 Å². The van der Waals surface area contributed by atoms with Gasteiger partial charge in [-0.1, -0.05) is 46.6 Å². The molecule has 146 valence electrons. The smallest absolute Gasteiger partial charge is 0.238 e. The Balaban J connectivity index is 1.35. The van der Waals surface area contributed by atoms with Crippen LogP contribution in [-0.4, -0.2) is 23.6 Å². The fraction of sp³-hybridized carbons (Fsp3) is 0.348. The first-order chi connectivity index (χ1) is 14.0. The number of amides is 2. The summed E-state index contributed by atoms with van der Waals surface area (Å²) in [7, 11) is 0. The van der Waals surface area contributed by atoms with E-state index in [1.165, 1.54) is 10.5 Å². The molecular formula is C23H19ClN2O3. The monoisotopic (exact) mass is 406 g/mol. The number of hydrogen-bond donors (Lipinski definition) is 0. The highest BCUT2D eigenvalue weighted by Gasteiger charge is 2.70. The minimum Gasteiger partial charge on any atom is -0.391 e. The molecule has 0 aromatic heterocycles. The van der Waals surface area contributed by atoms with Crippen molar-refractivity contribution in [2.24, 2.45) is 34.7 Å². The number of nitrogens with zero attached hydrogens (tertiary/aromatic N) is 2. The first-order valence-corrected chi connectivity index (χ1v) is 10.4. The maximum absolute atomic E-state index is 13.3. The second-order valence-corrected chi connectivity index (χ2v) is 8.98. The van der Waals surface area contributed by atoms with E-state index in [0.717, 1.165) is 17.7 Å². The highest BCUT2D eigenvalue weighted by molar-refractivity contribution is 6.31. The highest BCUT2D eigenvalue weighted by Crippen LogP contribution is 2.62. The summed E-state index contributed by atoms with van der Waals surface area (Å²) in [5, 5.41) is 4.97. The van der Waals surface area contributed by atoms with Crippen LogP contribution in [0.1, 0.15) is 17.5 Å². The molecule has 0 N–H and O–H groups in total. The maximum Gasteiger partial charge on any atom is 0.238 e. The number of oxime groups is 1. The number of anilines is 1. The van der Waals surface area contributed by atoms with Gasteiger partial charge in [0.05, 0.1) is 23.2 Å². The van der Waals surface area contributed by atoms with Crippen molar-refractivity contribution in [1.82, 2.24) is 0 Å². The van der Waals surface area contributed by atoms with Crippen LogP contribution in [0, 0.1) is 36.5 Å². The summed E-state index contributed by atoms with van der Waals surface area (Å²) < 4.78 is 0. The van der Waals surface area contributed by atoms with E-state index in [1.54, 1.807) is 24.3 Å². The molecule has 2 aliphatic carbocycles. The van der Waals surface area contributed by atoms with Gasteiger partial charge in [-0.15, -0.1) is 0 Å². The third-order valence-electron chi connectivity index (χ3n) is 7.12. The van der Waals surface area contributed by atoms with E-state index in [2.05, 4.69) is 36.3 Å². The van der Waals surface area contributed by atoms with E-state index in [9.17, 15) is 9.59 Å². The fourth-order valence-electron chi connectivity index (χ4n) is 5.93. The van der Waals surface area contributed by atoms with Crippen LogP contribution in [0.5, 0.6) is 0 Å². The van der Waals surface area contributed by atoms with Crippen molar-refractivity contribution < 1.29 is 14.4 Å². The van der Waals surface area contributed by atoms with Crippen LogP contribution in [0.2, 0.25) is 5.02 Å². The zero-order chi connectivity index (χ0) is 19.9. The van der Waals surface area contributed by atoms with Crippen molar-refractivity contribution in [2.75, 3.05) is 4.90 Å². The number of carbonyl (C=O) groups is 2. The zero-order valence-corrected chi connectivity index (χ0v) is 16.5. The zero-order valence-electron chi connectivity index (χ0n) is 15.8. The number of rotatable bonds is 2. The number of imide groups is 1. The summed E-state index contributed by atoms with van der Waals surface area (Å²) in [6.07, 6.45) is 0.737. The number of halogens is 1. The standard InChI is InChI=1S/C23H19ClN2O3/c1-11-2-4-12(5-3-11)20-19-15-10-16(21(19)29-25-20)18-17(15)22(27)26(23(18)28)14-8-6-13(24)7-9-14/h2-9,15-19,21H,10H2,1H3/t15-,16-,17-,18-,19-,21-/m1/s1. The Morgan fingerprint density at radius 3 is 2.28 bits per heavy atom. The Morgan fingerprint density at radius 1 is 0.931 bits per heavy atom. The molecule has 2 aromatic carbocycles. The van der Waals surface area contributed by atoms with Gasteiger partial charge in [-0.05, 0) is 49.1 Å². The largest absolute Gasteiger partial charge is 0.391 e. The molecule has 0 unspecified atom stereocenters. The minimum atomic E-state index is -0.308. The molecule has 2 saturated carbocycles. The van der Waals surface area contributed by atoms with Gasteiger partial charge in [-0.25, -0.2) is 0 Å². The molecule has 29 heavy (non-hydrogen) atoms. The number of fused-ring (bicyclic) bond motifs is 8. The van der Waals surface area contributed by atoms with Crippen LogP contribution in [0.15, 0.2) is 53.7 Å². The predicted octanol–water partition coefficient (Wildman–Crippen LogP) is 3.82. The lowest BCUT2D eigenvalue weighted by Gasteiger charge is -2.29. The molecule has 2 bridgehead atoms. The fourth-order valence-corrected chi connectivity index (χ4v) is 6.06. The molecule has 1 saturated heterocycles. The van der Waals surface area contributed by atoms with Gasteiger partial charge in [-0.3, -0.25) is 14.5 Å². The van der Waals surface area contributed by atoms with Crippen molar-refractivity contribution in [3.63, 3.8) is 0 Å². The average molecular weight is 407 g/mol. The molecule has 6 atom stereocenters. The van der Waals surface area contributed by atoms with Gasteiger partial charge >= 0.3 is 0 Å². The molecule has 6 rings (SSSR count). The van der Waals surface area contributed by atoms with E-state index in [4.69, 9.17) is 16.4 Å². The van der Waals surface area contributed by atoms with Gasteiger partial charge in [0.25, 0.3) is 0 Å². The summed E-state index contributed by atoms with van der Waals surface area (Å²) in [6, 6.07) is 15.1. The average Bonchev–Trinajstić information content (AvgIpc) is 3.44. The van der Waals surface area contributed by atoms with Crippen LogP contribution >= 0.6 is 11.6 Å². The van der Waals surface area contributed by atoms with Crippen LogP contribution in [0.3, 0.4) is 0 Å². The van der Waals surface area contributed by atoms with Gasteiger partial charge in [0.2, 0.25) is 11.8 Å². The van der Waals surface area contributed by atoms with Crippen LogP contribution in [0.25, 0.3) is 0 Å². The number of hydrogen-bond acceptors (Lipinski definition) is 4. The van der Waals surface area contributed by atoms with Gasteiger partial charge in [0.15, 0.2) is 0 Å².